The number of ether oxygens (including phenoxy) is 1. The van der Waals surface area contributed by atoms with Crippen LogP contribution in [0.5, 0.6) is 0 Å². The van der Waals surface area contributed by atoms with Gasteiger partial charge in [-0.15, -0.1) is 0 Å². The van der Waals surface area contributed by atoms with E-state index < -0.39 is 35.8 Å². The van der Waals surface area contributed by atoms with Gasteiger partial charge in [0.2, 0.25) is 11.6 Å². The number of nitrogens with two attached hydrogens (primary N) is 1. The number of hydrogen-bond donors (Lipinski definition) is 4. The number of nitrogens with zero attached hydrogens (tertiary/aromatic N) is 2. The fourth-order valence-electron chi connectivity index (χ4n) is 2.81. The molecule has 1 saturated heterocycles. The van der Waals surface area contributed by atoms with E-state index in [2.05, 4.69) is 15.9 Å². The summed E-state index contributed by atoms with van der Waals surface area (Å²) in [5.41, 5.74) is 2.46. The third-order valence-electron chi connectivity index (χ3n) is 3.95. The number of rotatable bonds is 2. The van der Waals surface area contributed by atoms with Crippen LogP contribution in [0.1, 0.15) is 13.2 Å². The first-order chi connectivity index (χ1) is 11.3. The van der Waals surface area contributed by atoms with Crippen LogP contribution < -0.4 is 11.3 Å². The van der Waals surface area contributed by atoms with Crippen molar-refractivity contribution in [1.82, 2.24) is 14.5 Å². The minimum Gasteiger partial charge on any atom is -0.391 e. The zero-order chi connectivity index (χ0) is 17.6. The van der Waals surface area contributed by atoms with Crippen LogP contribution in [0.3, 0.4) is 0 Å². The minimum atomic E-state index is -2.62. The number of aliphatic hydroxyl groups is 2. The van der Waals surface area contributed by atoms with Gasteiger partial charge < -0.3 is 25.3 Å². The van der Waals surface area contributed by atoms with Crippen molar-refractivity contribution >= 4 is 28.6 Å². The van der Waals surface area contributed by atoms with E-state index in [-0.39, 0.29) is 17.0 Å². The van der Waals surface area contributed by atoms with Gasteiger partial charge in [-0.3, -0.25) is 9.78 Å². The molecule has 1 fully saturated rings. The lowest BCUT2D eigenvalue weighted by Gasteiger charge is -2.24. The normalized spacial score (nSPS) is 31.0. The highest BCUT2D eigenvalue weighted by molar-refractivity contribution is 6.30. The molecule has 2 aromatic heterocycles. The van der Waals surface area contributed by atoms with Gasteiger partial charge >= 0.3 is 0 Å². The number of nitrogen functional groups attached to an aromatic ring is 1. The molecule has 0 amide bonds. The molecule has 1 unspecified atom stereocenters. The smallest absolute Gasteiger partial charge is 0.261 e. The monoisotopic (exact) mass is 356 g/mol. The van der Waals surface area contributed by atoms with Crippen molar-refractivity contribution in [3.05, 3.63) is 22.6 Å². The second-order valence-corrected chi connectivity index (χ2v) is 5.73. The van der Waals surface area contributed by atoms with Crippen molar-refractivity contribution in [3.8, 4) is 11.3 Å². The zero-order valence-electron chi connectivity index (χ0n) is 12.4. The van der Waals surface area contributed by atoms with Crippen molar-refractivity contribution in [2.24, 2.45) is 0 Å². The topological polar surface area (TPSA) is 126 Å². The minimum absolute atomic E-state index is 0.0538. The third kappa shape index (κ3) is 2.35. The molecular formula is C14H14ClFN4O4. The number of nitrogens with one attached hydrogen (secondary N) is 1. The fourth-order valence-corrected chi connectivity index (χ4v) is 2.96. The molecule has 0 radical (unpaired) electrons. The van der Waals surface area contributed by atoms with Gasteiger partial charge in [0, 0.05) is 11.6 Å². The maximum atomic E-state index is 15.4. The zero-order valence-corrected chi connectivity index (χ0v) is 13.2. The first-order valence-electron chi connectivity index (χ1n) is 6.99. The highest BCUT2D eigenvalue weighted by Crippen LogP contribution is 2.43. The molecule has 128 valence electrons. The maximum Gasteiger partial charge on any atom is 0.261 e. The number of fused-ring (bicyclic) bond motifs is 1. The quantitative estimate of drug-likeness (QED) is 0.554. The average Bonchev–Trinajstić information content (AvgIpc) is 3.00. The Balaban J connectivity index is 2.20. The van der Waals surface area contributed by atoms with Gasteiger partial charge in [0.15, 0.2) is 11.9 Å². The summed E-state index contributed by atoms with van der Waals surface area (Å²) in [6, 6.07) is 1.40. The van der Waals surface area contributed by atoms with Gasteiger partial charge in [-0.25, -0.2) is 4.39 Å². The van der Waals surface area contributed by atoms with E-state index in [1.54, 1.807) is 0 Å². The highest BCUT2D eigenvalue weighted by Gasteiger charge is 2.59. The molecule has 8 nitrogen and oxygen atoms in total. The number of hydrogen-bond acceptors (Lipinski definition) is 6. The molecule has 0 aliphatic carbocycles. The molecule has 1 aliphatic rings. The molecular weight excluding hydrogens is 343 g/mol. The maximum absolute atomic E-state index is 15.4. The van der Waals surface area contributed by atoms with Crippen LogP contribution in [0.4, 0.5) is 10.3 Å². The Morgan fingerprint density at radius 1 is 1.67 bits per heavy atom. The summed E-state index contributed by atoms with van der Waals surface area (Å²) in [7, 11) is 0. The Morgan fingerprint density at radius 3 is 3.00 bits per heavy atom. The summed E-state index contributed by atoms with van der Waals surface area (Å²) in [6.45, 7) is 1.35. The predicted octanol–water partition coefficient (Wildman–Crippen LogP) is -0.146. The first-order valence-corrected chi connectivity index (χ1v) is 7.37. The van der Waals surface area contributed by atoms with E-state index in [0.29, 0.717) is 0 Å². The number of aromatic nitrogens is 3. The molecule has 0 spiro atoms. The van der Waals surface area contributed by atoms with Crippen molar-refractivity contribution in [3.63, 3.8) is 0 Å². The second-order valence-electron chi connectivity index (χ2n) is 5.54. The van der Waals surface area contributed by atoms with E-state index in [0.717, 1.165) is 0 Å². The first kappa shape index (κ1) is 16.7. The molecule has 0 saturated carbocycles. The number of H-pyrrole nitrogens is 1. The Kier molecular flexibility index (Phi) is 4.01. The Morgan fingerprint density at radius 2 is 2.38 bits per heavy atom. The Bertz CT molecular complexity index is 902. The van der Waals surface area contributed by atoms with Gasteiger partial charge in [0.25, 0.3) is 5.56 Å². The van der Waals surface area contributed by atoms with Gasteiger partial charge in [-0.1, -0.05) is 0 Å². The van der Waals surface area contributed by atoms with Crippen LogP contribution in [-0.4, -0.2) is 48.7 Å². The molecule has 1 aliphatic heterocycles. The summed E-state index contributed by atoms with van der Waals surface area (Å²) < 4.78 is 22.0. The van der Waals surface area contributed by atoms with Crippen LogP contribution in [-0.2, 0) is 4.74 Å². The molecule has 5 N–H and O–H groups in total. The standard InChI is InChI=1S/C14H14ClFN4O4/c1-6(21)8-9(22)14(16,3-4-15)12(24-8)20-5-2-7-10(20)18-13(17)19-11(7)23/h2,5-6,8-9,12,21-22H,1H3,(H3,17,18,19,23)/t6-,8-,9+,12-,14?/m1/s1. The predicted molar refractivity (Wildman–Crippen MR) is 83.8 cm³/mol. The van der Waals surface area contributed by atoms with Gasteiger partial charge in [-0.2, -0.15) is 4.98 Å². The lowest BCUT2D eigenvalue weighted by atomic mass is 9.95. The van der Waals surface area contributed by atoms with E-state index in [4.69, 9.17) is 22.1 Å². The number of alkyl halides is 1. The SMILES string of the molecule is C[C@@H](O)[C@H]1O[C@@H](n2ccc3c(=O)[nH]c(N)nc32)C(F)(C#CCl)[C@H]1O. The van der Waals surface area contributed by atoms with Crippen molar-refractivity contribution in [1.29, 1.82) is 0 Å². The van der Waals surface area contributed by atoms with E-state index in [1.165, 1.54) is 23.8 Å². The number of aromatic amines is 1. The summed E-state index contributed by atoms with van der Waals surface area (Å²) >= 11 is 5.33. The summed E-state index contributed by atoms with van der Waals surface area (Å²) in [5.74, 6) is 1.92. The van der Waals surface area contributed by atoms with Crippen molar-refractivity contribution in [2.45, 2.75) is 37.1 Å². The molecule has 24 heavy (non-hydrogen) atoms. The molecule has 0 aromatic carbocycles. The highest BCUT2D eigenvalue weighted by atomic mass is 35.5. The fraction of sp³-hybridized carbons (Fsp3) is 0.429. The molecule has 5 atom stereocenters. The average molecular weight is 357 g/mol. The van der Waals surface area contributed by atoms with E-state index >= 15 is 4.39 Å². The number of anilines is 1. The molecule has 2 aromatic rings. The van der Waals surface area contributed by atoms with Crippen molar-refractivity contribution < 1.29 is 19.3 Å². The molecule has 10 heteroatoms. The van der Waals surface area contributed by atoms with Crippen LogP contribution in [0, 0.1) is 11.3 Å². The summed E-state index contributed by atoms with van der Waals surface area (Å²) in [6.07, 6.45) is -4.29. The Labute approximate surface area is 140 Å². The lowest BCUT2D eigenvalue weighted by molar-refractivity contribution is -0.0775. The van der Waals surface area contributed by atoms with Crippen molar-refractivity contribution in [2.75, 3.05) is 5.73 Å². The van der Waals surface area contributed by atoms with E-state index in [1.807, 2.05) is 5.38 Å². The Hall–Kier alpha value is -2.12. The van der Waals surface area contributed by atoms with E-state index in [9.17, 15) is 15.0 Å². The third-order valence-corrected chi connectivity index (χ3v) is 4.05. The number of aliphatic hydroxyl groups excluding tert-OH is 2. The van der Waals surface area contributed by atoms with Crippen LogP contribution in [0.15, 0.2) is 17.1 Å². The van der Waals surface area contributed by atoms with Gasteiger partial charge in [-0.05, 0) is 30.5 Å². The molecule has 3 rings (SSSR count). The molecule has 0 bridgehead atoms. The lowest BCUT2D eigenvalue weighted by Crippen LogP contribution is -2.44. The molecule has 3 heterocycles. The number of halogens is 2. The van der Waals surface area contributed by atoms with Crippen LogP contribution >= 0.6 is 11.6 Å². The largest absolute Gasteiger partial charge is 0.391 e. The second kappa shape index (κ2) is 5.75. The summed E-state index contributed by atoms with van der Waals surface area (Å²) in [4.78, 5) is 18.2. The van der Waals surface area contributed by atoms with Crippen LogP contribution in [0.25, 0.3) is 11.0 Å². The summed E-state index contributed by atoms with van der Waals surface area (Å²) in [5, 5.41) is 22.0. The van der Waals surface area contributed by atoms with Gasteiger partial charge in [0.1, 0.15) is 12.2 Å². The van der Waals surface area contributed by atoms with Gasteiger partial charge in [0.05, 0.1) is 11.5 Å². The van der Waals surface area contributed by atoms with Crippen LogP contribution in [0.2, 0.25) is 0 Å².